The molecule has 0 saturated carbocycles. The third-order valence-electron chi connectivity index (χ3n) is 5.84. The third-order valence-corrected chi connectivity index (χ3v) is 6.09. The molecule has 0 bridgehead atoms. The van der Waals surface area contributed by atoms with Crippen molar-refractivity contribution in [1.29, 1.82) is 0 Å². The molecule has 0 aliphatic carbocycles. The van der Waals surface area contributed by atoms with E-state index in [0.717, 1.165) is 49.5 Å². The van der Waals surface area contributed by atoms with Crippen LogP contribution in [0, 0.1) is 0 Å². The molecule has 3 aromatic carbocycles. The first kappa shape index (κ1) is 20.9. The van der Waals surface area contributed by atoms with Crippen molar-refractivity contribution in [2.45, 2.75) is 25.4 Å². The van der Waals surface area contributed by atoms with Gasteiger partial charge in [0.25, 0.3) is 0 Å². The van der Waals surface area contributed by atoms with E-state index in [1.165, 1.54) is 22.3 Å². The lowest BCUT2D eigenvalue weighted by molar-refractivity contribution is 0.145. The monoisotopic (exact) mass is 417 g/mol. The van der Waals surface area contributed by atoms with Gasteiger partial charge in [-0.05, 0) is 59.2 Å². The summed E-state index contributed by atoms with van der Waals surface area (Å²) in [6, 6.07) is 26.9. The quantitative estimate of drug-likeness (QED) is 0.498. The van der Waals surface area contributed by atoms with Crippen LogP contribution in [0.5, 0.6) is 0 Å². The molecule has 1 atom stereocenters. The molecule has 1 heterocycles. The van der Waals surface area contributed by atoms with Gasteiger partial charge in [-0.1, -0.05) is 84.4 Å². The van der Waals surface area contributed by atoms with Crippen LogP contribution in [0.15, 0.2) is 84.9 Å². The second-order valence-corrected chi connectivity index (χ2v) is 8.43. The Balaban J connectivity index is 1.26. The van der Waals surface area contributed by atoms with E-state index in [2.05, 4.69) is 77.7 Å². The summed E-state index contributed by atoms with van der Waals surface area (Å²) in [5.41, 5.74) is 6.23. The van der Waals surface area contributed by atoms with Crippen LogP contribution in [-0.4, -0.2) is 29.6 Å². The SMILES string of the molecule is O[C@H](CCN1CC=C(c2ccccc2)CC1)c1ccc(Cc2ccc(Cl)cc2)cc1. The first-order chi connectivity index (χ1) is 14.7. The molecular formula is C27H28ClNO. The van der Waals surface area contributed by atoms with Crippen LogP contribution in [0.1, 0.15) is 41.2 Å². The first-order valence-corrected chi connectivity index (χ1v) is 11.0. The summed E-state index contributed by atoms with van der Waals surface area (Å²) in [6.45, 7) is 2.91. The van der Waals surface area contributed by atoms with Gasteiger partial charge in [-0.2, -0.15) is 0 Å². The predicted octanol–water partition coefficient (Wildman–Crippen LogP) is 6.14. The standard InChI is InChI=1S/C27H28ClNO/c28-26-12-8-22(9-13-26)20-21-6-10-25(11-7-21)27(30)16-19-29-17-14-24(15-18-29)23-4-2-1-3-5-23/h1-14,27,30H,15-20H2/t27-/m1/s1. The molecule has 0 saturated heterocycles. The van der Waals surface area contributed by atoms with Gasteiger partial charge >= 0.3 is 0 Å². The van der Waals surface area contributed by atoms with Crippen LogP contribution in [0.2, 0.25) is 5.02 Å². The summed E-state index contributed by atoms with van der Waals surface area (Å²) in [7, 11) is 0. The number of hydrogen-bond acceptors (Lipinski definition) is 2. The van der Waals surface area contributed by atoms with Gasteiger partial charge in [-0.15, -0.1) is 0 Å². The minimum atomic E-state index is -0.422. The fraction of sp³-hybridized carbons (Fsp3) is 0.259. The Morgan fingerprint density at radius 1 is 0.867 bits per heavy atom. The number of aliphatic hydroxyl groups is 1. The van der Waals surface area contributed by atoms with Crippen molar-refractivity contribution in [2.75, 3.05) is 19.6 Å². The maximum absolute atomic E-state index is 10.6. The van der Waals surface area contributed by atoms with Crippen LogP contribution in [0.25, 0.3) is 5.57 Å². The number of rotatable bonds is 7. The van der Waals surface area contributed by atoms with Crippen LogP contribution < -0.4 is 0 Å². The van der Waals surface area contributed by atoms with Gasteiger partial charge in [0.2, 0.25) is 0 Å². The van der Waals surface area contributed by atoms with Gasteiger partial charge in [-0.25, -0.2) is 0 Å². The molecule has 30 heavy (non-hydrogen) atoms. The van der Waals surface area contributed by atoms with Crippen LogP contribution in [-0.2, 0) is 6.42 Å². The molecule has 1 aliphatic rings. The van der Waals surface area contributed by atoms with Crippen molar-refractivity contribution in [3.05, 3.63) is 112 Å². The average Bonchev–Trinajstić information content (AvgIpc) is 2.80. The van der Waals surface area contributed by atoms with Crippen LogP contribution in [0.3, 0.4) is 0 Å². The number of hydrogen-bond donors (Lipinski definition) is 1. The predicted molar refractivity (Wildman–Crippen MR) is 126 cm³/mol. The van der Waals surface area contributed by atoms with E-state index in [1.54, 1.807) is 0 Å². The summed E-state index contributed by atoms with van der Waals surface area (Å²) < 4.78 is 0. The highest BCUT2D eigenvalue weighted by atomic mass is 35.5. The number of aliphatic hydroxyl groups excluding tert-OH is 1. The summed E-state index contributed by atoms with van der Waals surface area (Å²) in [4.78, 5) is 2.42. The molecule has 4 rings (SSSR count). The van der Waals surface area contributed by atoms with Gasteiger partial charge in [0.15, 0.2) is 0 Å². The summed E-state index contributed by atoms with van der Waals surface area (Å²) >= 11 is 5.96. The Labute approximate surface area is 184 Å². The first-order valence-electron chi connectivity index (χ1n) is 10.7. The zero-order chi connectivity index (χ0) is 20.8. The van der Waals surface area contributed by atoms with Crippen LogP contribution in [0.4, 0.5) is 0 Å². The Bertz CT molecular complexity index is 964. The summed E-state index contributed by atoms with van der Waals surface area (Å²) in [5, 5.41) is 11.4. The van der Waals surface area contributed by atoms with Crippen molar-refractivity contribution in [3.8, 4) is 0 Å². The second-order valence-electron chi connectivity index (χ2n) is 8.00. The van der Waals surface area contributed by atoms with E-state index in [9.17, 15) is 5.11 Å². The third kappa shape index (κ3) is 5.60. The van der Waals surface area contributed by atoms with E-state index in [-0.39, 0.29) is 0 Å². The minimum Gasteiger partial charge on any atom is -0.388 e. The van der Waals surface area contributed by atoms with Gasteiger partial charge in [0.1, 0.15) is 0 Å². The highest BCUT2D eigenvalue weighted by molar-refractivity contribution is 6.30. The minimum absolute atomic E-state index is 0.422. The van der Waals surface area contributed by atoms with E-state index >= 15 is 0 Å². The molecule has 0 amide bonds. The fourth-order valence-electron chi connectivity index (χ4n) is 4.00. The summed E-state index contributed by atoms with van der Waals surface area (Å²) in [5.74, 6) is 0. The van der Waals surface area contributed by atoms with Crippen molar-refractivity contribution < 1.29 is 5.11 Å². The molecule has 0 aromatic heterocycles. The van der Waals surface area contributed by atoms with E-state index in [0.29, 0.717) is 0 Å². The van der Waals surface area contributed by atoms with Gasteiger partial charge in [-0.3, -0.25) is 4.90 Å². The Morgan fingerprint density at radius 3 is 2.17 bits per heavy atom. The molecule has 154 valence electrons. The molecule has 3 aromatic rings. The van der Waals surface area contributed by atoms with E-state index < -0.39 is 6.10 Å². The zero-order valence-corrected chi connectivity index (χ0v) is 17.9. The maximum Gasteiger partial charge on any atom is 0.0802 e. The van der Waals surface area contributed by atoms with Gasteiger partial charge < -0.3 is 5.11 Å². The molecule has 0 spiro atoms. The Hall–Kier alpha value is -2.39. The fourth-order valence-corrected chi connectivity index (χ4v) is 4.12. The largest absolute Gasteiger partial charge is 0.388 e. The zero-order valence-electron chi connectivity index (χ0n) is 17.2. The van der Waals surface area contributed by atoms with Crippen molar-refractivity contribution in [3.63, 3.8) is 0 Å². The molecule has 0 radical (unpaired) electrons. The maximum atomic E-state index is 10.6. The van der Waals surface area contributed by atoms with Crippen molar-refractivity contribution in [2.24, 2.45) is 0 Å². The molecule has 0 unspecified atom stereocenters. The molecule has 3 heteroatoms. The number of halogens is 1. The van der Waals surface area contributed by atoms with E-state index in [1.807, 2.05) is 12.1 Å². The summed E-state index contributed by atoms with van der Waals surface area (Å²) in [6.07, 6.45) is 4.60. The number of nitrogens with zero attached hydrogens (tertiary/aromatic N) is 1. The van der Waals surface area contributed by atoms with E-state index in [4.69, 9.17) is 11.6 Å². The highest BCUT2D eigenvalue weighted by Crippen LogP contribution is 2.24. The average molecular weight is 418 g/mol. The molecule has 2 nitrogen and oxygen atoms in total. The van der Waals surface area contributed by atoms with Crippen molar-refractivity contribution in [1.82, 2.24) is 4.90 Å². The smallest absolute Gasteiger partial charge is 0.0802 e. The molecule has 1 aliphatic heterocycles. The normalized spacial score (nSPS) is 15.6. The second kappa shape index (κ2) is 10.1. The lowest BCUT2D eigenvalue weighted by atomic mass is 9.98. The molecule has 1 N–H and O–H groups in total. The lowest BCUT2D eigenvalue weighted by Gasteiger charge is -2.27. The highest BCUT2D eigenvalue weighted by Gasteiger charge is 2.15. The molecular weight excluding hydrogens is 390 g/mol. The topological polar surface area (TPSA) is 23.5 Å². The van der Waals surface area contributed by atoms with Crippen LogP contribution >= 0.6 is 11.6 Å². The number of benzene rings is 3. The van der Waals surface area contributed by atoms with Gasteiger partial charge in [0, 0.05) is 24.7 Å². The Kier molecular flexibility index (Phi) is 7.01. The molecule has 0 fully saturated rings. The lowest BCUT2D eigenvalue weighted by Crippen LogP contribution is -2.30. The Morgan fingerprint density at radius 2 is 1.53 bits per heavy atom. The van der Waals surface area contributed by atoms with Gasteiger partial charge in [0.05, 0.1) is 6.10 Å². The van der Waals surface area contributed by atoms with Crippen molar-refractivity contribution >= 4 is 17.2 Å².